The van der Waals surface area contributed by atoms with Crippen LogP contribution in [0.2, 0.25) is 0 Å². The Morgan fingerprint density at radius 3 is 2.16 bits per heavy atom. The average Bonchev–Trinajstić information content (AvgIpc) is 2.34. The molecule has 0 radical (unpaired) electrons. The number of halogens is 4. The number of benzene rings is 2. The fraction of sp³-hybridized carbons (Fsp3) is 0.143. The van der Waals surface area contributed by atoms with Crippen molar-refractivity contribution in [3.05, 3.63) is 63.9 Å². The van der Waals surface area contributed by atoms with E-state index >= 15 is 0 Å². The predicted molar refractivity (Wildman–Crippen MR) is 72.5 cm³/mol. The summed E-state index contributed by atoms with van der Waals surface area (Å²) >= 11 is 3.00. The normalized spacial score (nSPS) is 12.3. The maximum absolute atomic E-state index is 13.7. The number of hydrogen-bond donors (Lipinski definition) is 1. The summed E-state index contributed by atoms with van der Waals surface area (Å²) in [4.78, 5) is 0. The molecule has 0 fully saturated rings. The van der Waals surface area contributed by atoms with Gasteiger partial charge in [-0.15, -0.1) is 0 Å². The van der Waals surface area contributed by atoms with E-state index in [4.69, 9.17) is 0 Å². The van der Waals surface area contributed by atoms with Gasteiger partial charge in [0.15, 0.2) is 0 Å². The third-order valence-corrected chi connectivity index (χ3v) is 3.20. The largest absolute Gasteiger partial charge is 0.374 e. The summed E-state index contributed by atoms with van der Waals surface area (Å²) in [5, 5.41) is 2.65. The van der Waals surface area contributed by atoms with Crippen LogP contribution in [0.25, 0.3) is 0 Å². The van der Waals surface area contributed by atoms with E-state index in [1.807, 2.05) is 0 Å². The van der Waals surface area contributed by atoms with Crippen molar-refractivity contribution in [2.45, 2.75) is 13.0 Å². The molecule has 100 valence electrons. The van der Waals surface area contributed by atoms with E-state index in [2.05, 4.69) is 21.2 Å². The van der Waals surface area contributed by atoms with Crippen molar-refractivity contribution in [2.75, 3.05) is 5.32 Å². The second kappa shape index (κ2) is 5.65. The Bertz CT molecular complexity index is 578. The average molecular weight is 330 g/mol. The van der Waals surface area contributed by atoms with E-state index in [0.29, 0.717) is 10.0 Å². The molecule has 0 aliphatic heterocycles. The minimum absolute atomic E-state index is 0.265. The van der Waals surface area contributed by atoms with Gasteiger partial charge in [-0.3, -0.25) is 0 Å². The summed E-state index contributed by atoms with van der Waals surface area (Å²) < 4.78 is 41.2. The smallest absolute Gasteiger partial charge is 0.150 e. The molecule has 19 heavy (non-hydrogen) atoms. The molecule has 1 atom stereocenters. The highest BCUT2D eigenvalue weighted by molar-refractivity contribution is 9.10. The summed E-state index contributed by atoms with van der Waals surface area (Å²) in [6.07, 6.45) is 0. The highest BCUT2D eigenvalue weighted by atomic mass is 79.9. The van der Waals surface area contributed by atoms with Gasteiger partial charge in [0.1, 0.15) is 23.1 Å². The first kappa shape index (κ1) is 13.9. The quantitative estimate of drug-likeness (QED) is 0.831. The Kier molecular flexibility index (Phi) is 4.14. The second-order valence-electron chi connectivity index (χ2n) is 4.13. The van der Waals surface area contributed by atoms with Gasteiger partial charge in [-0.05, 0) is 25.1 Å². The molecular formula is C14H11BrF3N. The van der Waals surface area contributed by atoms with Gasteiger partial charge in [-0.25, -0.2) is 13.2 Å². The van der Waals surface area contributed by atoms with Crippen LogP contribution in [-0.4, -0.2) is 0 Å². The molecule has 0 spiro atoms. The lowest BCUT2D eigenvalue weighted by Gasteiger charge is -2.17. The van der Waals surface area contributed by atoms with E-state index in [0.717, 1.165) is 12.1 Å². The maximum atomic E-state index is 13.7. The van der Waals surface area contributed by atoms with Crippen LogP contribution in [0.5, 0.6) is 0 Å². The predicted octanol–water partition coefficient (Wildman–Crippen LogP) is 5.04. The Hall–Kier alpha value is -1.49. The van der Waals surface area contributed by atoms with Gasteiger partial charge < -0.3 is 5.32 Å². The lowest BCUT2D eigenvalue weighted by Crippen LogP contribution is -2.11. The number of rotatable bonds is 3. The maximum Gasteiger partial charge on any atom is 0.150 e. The third-order valence-electron chi connectivity index (χ3n) is 2.74. The van der Waals surface area contributed by atoms with E-state index in [1.165, 1.54) is 6.07 Å². The number of anilines is 1. The standard InChI is InChI=1S/C14H11BrF3N/c1-8(10-4-2-3-5-11(10)16)19-14-12(17)6-9(15)7-13(14)18/h2-8,19H,1H3. The molecule has 1 nitrogen and oxygen atoms in total. The van der Waals surface area contributed by atoms with Crippen molar-refractivity contribution in [3.63, 3.8) is 0 Å². The zero-order valence-electron chi connectivity index (χ0n) is 10.1. The van der Waals surface area contributed by atoms with Crippen molar-refractivity contribution < 1.29 is 13.2 Å². The summed E-state index contributed by atoms with van der Waals surface area (Å²) in [5.74, 6) is -1.87. The molecule has 0 bridgehead atoms. The molecular weight excluding hydrogens is 319 g/mol. The van der Waals surface area contributed by atoms with Crippen molar-refractivity contribution in [3.8, 4) is 0 Å². The summed E-state index contributed by atoms with van der Waals surface area (Å²) in [6.45, 7) is 1.64. The summed E-state index contributed by atoms with van der Waals surface area (Å²) in [5.41, 5.74) is 0.0863. The molecule has 0 aliphatic rings. The van der Waals surface area contributed by atoms with Crippen LogP contribution >= 0.6 is 15.9 Å². The topological polar surface area (TPSA) is 12.0 Å². The van der Waals surface area contributed by atoms with E-state index < -0.39 is 23.5 Å². The van der Waals surface area contributed by atoms with E-state index in [-0.39, 0.29) is 5.69 Å². The monoisotopic (exact) mass is 329 g/mol. The fourth-order valence-corrected chi connectivity index (χ4v) is 2.20. The third kappa shape index (κ3) is 3.10. The van der Waals surface area contributed by atoms with Crippen molar-refractivity contribution >= 4 is 21.6 Å². The molecule has 0 saturated carbocycles. The minimum Gasteiger partial charge on any atom is -0.374 e. The van der Waals surface area contributed by atoms with Gasteiger partial charge in [0.05, 0.1) is 6.04 Å². The lowest BCUT2D eigenvalue weighted by atomic mass is 10.1. The Morgan fingerprint density at radius 2 is 1.58 bits per heavy atom. The second-order valence-corrected chi connectivity index (χ2v) is 5.05. The highest BCUT2D eigenvalue weighted by Gasteiger charge is 2.16. The first-order valence-corrected chi connectivity index (χ1v) is 6.44. The van der Waals surface area contributed by atoms with Gasteiger partial charge in [-0.1, -0.05) is 34.1 Å². The van der Waals surface area contributed by atoms with Gasteiger partial charge in [0.25, 0.3) is 0 Å². The van der Waals surface area contributed by atoms with E-state index in [9.17, 15) is 13.2 Å². The number of nitrogens with one attached hydrogen (secondary N) is 1. The lowest BCUT2D eigenvalue weighted by molar-refractivity contribution is 0.575. The van der Waals surface area contributed by atoms with Crippen LogP contribution in [0.1, 0.15) is 18.5 Å². The molecule has 2 rings (SSSR count). The van der Waals surface area contributed by atoms with Gasteiger partial charge in [0, 0.05) is 10.0 Å². The molecule has 1 unspecified atom stereocenters. The first-order chi connectivity index (χ1) is 8.99. The zero-order chi connectivity index (χ0) is 14.0. The molecule has 2 aromatic rings. The summed E-state index contributed by atoms with van der Waals surface area (Å²) in [6, 6.07) is 7.87. The molecule has 0 aromatic heterocycles. The fourth-order valence-electron chi connectivity index (χ4n) is 1.80. The number of hydrogen-bond acceptors (Lipinski definition) is 1. The molecule has 5 heteroatoms. The van der Waals surface area contributed by atoms with Gasteiger partial charge in [0.2, 0.25) is 0 Å². The highest BCUT2D eigenvalue weighted by Crippen LogP contribution is 2.28. The molecule has 0 aliphatic carbocycles. The molecule has 0 amide bonds. The van der Waals surface area contributed by atoms with Crippen LogP contribution in [0, 0.1) is 17.5 Å². The van der Waals surface area contributed by atoms with Gasteiger partial charge >= 0.3 is 0 Å². The van der Waals surface area contributed by atoms with E-state index in [1.54, 1.807) is 25.1 Å². The molecule has 1 N–H and O–H groups in total. The van der Waals surface area contributed by atoms with Gasteiger partial charge in [-0.2, -0.15) is 0 Å². The first-order valence-electron chi connectivity index (χ1n) is 5.64. The Morgan fingerprint density at radius 1 is 1.00 bits per heavy atom. The van der Waals surface area contributed by atoms with Crippen LogP contribution in [0.15, 0.2) is 40.9 Å². The van der Waals surface area contributed by atoms with Crippen molar-refractivity contribution in [2.24, 2.45) is 0 Å². The molecule has 0 heterocycles. The molecule has 0 saturated heterocycles. The van der Waals surface area contributed by atoms with Crippen LogP contribution in [0.4, 0.5) is 18.9 Å². The minimum atomic E-state index is -0.727. The summed E-state index contributed by atoms with van der Waals surface area (Å²) in [7, 11) is 0. The van der Waals surface area contributed by atoms with Crippen LogP contribution < -0.4 is 5.32 Å². The SMILES string of the molecule is CC(Nc1c(F)cc(Br)cc1F)c1ccccc1F. The van der Waals surface area contributed by atoms with Crippen LogP contribution in [-0.2, 0) is 0 Å². The Labute approximate surface area is 117 Å². The molecule has 2 aromatic carbocycles. The van der Waals surface area contributed by atoms with Crippen molar-refractivity contribution in [1.82, 2.24) is 0 Å². The Balaban J connectivity index is 2.29. The van der Waals surface area contributed by atoms with Crippen LogP contribution in [0.3, 0.4) is 0 Å². The zero-order valence-corrected chi connectivity index (χ0v) is 11.6. The van der Waals surface area contributed by atoms with Crippen molar-refractivity contribution in [1.29, 1.82) is 0 Å².